The van der Waals surface area contributed by atoms with Gasteiger partial charge < -0.3 is 31.0 Å². The van der Waals surface area contributed by atoms with E-state index in [0.717, 1.165) is 17.8 Å². The fourth-order valence-electron chi connectivity index (χ4n) is 5.41. The Hall–Kier alpha value is -5.03. The van der Waals surface area contributed by atoms with Crippen LogP contribution in [0.1, 0.15) is 85.0 Å². The summed E-state index contributed by atoms with van der Waals surface area (Å²) in [5, 5.41) is 2.95. The first-order valence-corrected chi connectivity index (χ1v) is 19.9. The number of nitrogens with one attached hydrogen (secondary N) is 1. The van der Waals surface area contributed by atoms with Gasteiger partial charge in [-0.25, -0.2) is 16.8 Å². The van der Waals surface area contributed by atoms with Crippen LogP contribution < -0.4 is 26.3 Å². The Balaban J connectivity index is 0.000000241. The summed E-state index contributed by atoms with van der Waals surface area (Å²) in [5.74, 6) is -0.377. The molecule has 1 aromatic heterocycles. The molecule has 0 radical (unpaired) electrons. The first kappa shape index (κ1) is 40.7. The van der Waals surface area contributed by atoms with Gasteiger partial charge in [0.05, 0.1) is 40.2 Å². The van der Waals surface area contributed by atoms with Crippen LogP contribution in [-0.2, 0) is 41.1 Å². The first-order valence-electron chi connectivity index (χ1n) is 16.7. The number of sulfonamides is 2. The fraction of sp³-hybridized carbons (Fsp3) is 0.417. The van der Waals surface area contributed by atoms with E-state index in [4.69, 9.17) is 25.7 Å². The van der Waals surface area contributed by atoms with Gasteiger partial charge in [-0.15, -0.1) is 8.80 Å². The van der Waals surface area contributed by atoms with E-state index in [1.165, 1.54) is 0 Å². The molecule has 17 heteroatoms. The molecule has 3 heterocycles. The molecule has 2 aliphatic heterocycles. The Labute approximate surface area is 310 Å². The molecule has 286 valence electrons. The van der Waals surface area contributed by atoms with Crippen LogP contribution in [0.25, 0.3) is 0 Å². The van der Waals surface area contributed by atoms with Crippen molar-refractivity contribution in [2.24, 2.45) is 25.7 Å². The Morgan fingerprint density at radius 3 is 1.74 bits per heavy atom. The molecule has 0 atom stereocenters. The van der Waals surface area contributed by atoms with Crippen LogP contribution in [0, 0.1) is 19.3 Å². The van der Waals surface area contributed by atoms with Gasteiger partial charge in [0, 0.05) is 17.0 Å². The van der Waals surface area contributed by atoms with Crippen molar-refractivity contribution in [2.45, 2.75) is 71.9 Å². The Morgan fingerprint density at radius 2 is 1.26 bits per heavy atom. The van der Waals surface area contributed by atoms with Crippen LogP contribution in [-0.4, -0.2) is 70.7 Å². The molecule has 0 fully saturated rings. The number of hydrogen-bond acceptors (Lipinski definition) is 12. The molecule has 5 rings (SSSR count). The summed E-state index contributed by atoms with van der Waals surface area (Å²) < 4.78 is 70.9. The summed E-state index contributed by atoms with van der Waals surface area (Å²) in [7, 11) is -7.21. The lowest BCUT2D eigenvalue weighted by Crippen LogP contribution is -2.48. The number of nitrogens with zero attached hydrogens (tertiary/aromatic N) is 3. The summed E-state index contributed by atoms with van der Waals surface area (Å²) in [6, 6.07) is 13.6. The monoisotopic (exact) mass is 770 g/mol. The number of amides is 1. The van der Waals surface area contributed by atoms with Crippen molar-refractivity contribution < 1.29 is 40.6 Å². The average molecular weight is 771 g/mol. The van der Waals surface area contributed by atoms with Crippen LogP contribution in [0.4, 0.5) is 0 Å². The third-order valence-corrected chi connectivity index (χ3v) is 10.2. The third-order valence-electron chi connectivity index (χ3n) is 7.85. The van der Waals surface area contributed by atoms with Gasteiger partial charge in [0.2, 0.25) is 0 Å². The second kappa shape index (κ2) is 15.9. The number of ether oxygens (including phenoxy) is 3. The number of nitrogens with two attached hydrogens (primary N) is 2. The summed E-state index contributed by atoms with van der Waals surface area (Å²) in [6.07, 6.45) is 0.746. The highest BCUT2D eigenvalue weighted by Gasteiger charge is 2.32. The maximum Gasteiger partial charge on any atom is 0.314 e. The Kier molecular flexibility index (Phi) is 12.2. The number of pyridine rings is 1. The van der Waals surface area contributed by atoms with Crippen molar-refractivity contribution in [2.75, 3.05) is 19.8 Å². The molecule has 0 aliphatic carbocycles. The molecule has 2 aromatic carbocycles. The molecule has 2 aliphatic rings. The molecule has 3 aromatic rings. The molecule has 0 spiro atoms. The first-order chi connectivity index (χ1) is 24.6. The zero-order chi connectivity index (χ0) is 39.4. The van der Waals surface area contributed by atoms with Gasteiger partial charge in [-0.3, -0.25) is 14.6 Å². The van der Waals surface area contributed by atoms with Gasteiger partial charge in [0.1, 0.15) is 36.4 Å². The van der Waals surface area contributed by atoms with Gasteiger partial charge in [0.25, 0.3) is 26.0 Å². The van der Waals surface area contributed by atoms with E-state index >= 15 is 0 Å². The highest BCUT2D eigenvalue weighted by Crippen LogP contribution is 2.31. The van der Waals surface area contributed by atoms with Gasteiger partial charge in [-0.05, 0) is 83.4 Å². The van der Waals surface area contributed by atoms with Crippen LogP contribution in [0.3, 0.4) is 0 Å². The number of fused-ring (bicyclic) bond motifs is 2. The van der Waals surface area contributed by atoms with E-state index in [9.17, 15) is 26.4 Å². The minimum absolute atomic E-state index is 0.0754. The summed E-state index contributed by atoms with van der Waals surface area (Å²) >= 11 is 0. The number of aromatic nitrogens is 1. The van der Waals surface area contributed by atoms with E-state index < -0.39 is 31.0 Å². The van der Waals surface area contributed by atoms with Gasteiger partial charge in [-0.2, -0.15) is 0 Å². The van der Waals surface area contributed by atoms with Crippen LogP contribution in [0.15, 0.2) is 57.3 Å². The lowest BCUT2D eigenvalue weighted by atomic mass is 9.95. The minimum atomic E-state index is -3.61. The van der Waals surface area contributed by atoms with Crippen LogP contribution in [0.5, 0.6) is 11.5 Å². The van der Waals surface area contributed by atoms with Crippen LogP contribution in [0.2, 0.25) is 0 Å². The van der Waals surface area contributed by atoms with Crippen molar-refractivity contribution in [1.82, 2.24) is 10.3 Å². The summed E-state index contributed by atoms with van der Waals surface area (Å²) in [4.78, 5) is 29.0. The van der Waals surface area contributed by atoms with E-state index in [-0.39, 0.29) is 48.3 Å². The van der Waals surface area contributed by atoms with Crippen molar-refractivity contribution in [1.29, 1.82) is 0 Å². The van der Waals surface area contributed by atoms with E-state index in [2.05, 4.69) is 19.1 Å². The van der Waals surface area contributed by atoms with Gasteiger partial charge in [-0.1, -0.05) is 31.2 Å². The average Bonchev–Trinajstić information content (AvgIpc) is 3.03. The number of carbonyl (C=O) groups excluding carboxylic acids is 2. The number of rotatable bonds is 11. The quantitative estimate of drug-likeness (QED) is 0.238. The predicted molar refractivity (Wildman–Crippen MR) is 201 cm³/mol. The molecule has 0 bridgehead atoms. The van der Waals surface area contributed by atoms with Gasteiger partial charge in [0.15, 0.2) is 0 Å². The molecule has 0 saturated heterocycles. The Morgan fingerprint density at radius 1 is 0.792 bits per heavy atom. The predicted octanol–water partition coefficient (Wildman–Crippen LogP) is 3.43. The number of aryl methyl sites for hydroxylation is 2. The summed E-state index contributed by atoms with van der Waals surface area (Å²) in [5.41, 5.74) is 14.2. The van der Waals surface area contributed by atoms with E-state index in [1.54, 1.807) is 62.4 Å². The molecular formula is C36H46N6O9S2. The zero-order valence-corrected chi connectivity index (χ0v) is 32.5. The molecule has 5 N–H and O–H groups in total. The number of benzene rings is 2. The zero-order valence-electron chi connectivity index (χ0n) is 30.8. The maximum atomic E-state index is 12.6. The normalized spacial score (nSPS) is 15.6. The number of hydrogen-bond donors (Lipinski definition) is 3. The van der Waals surface area contributed by atoms with Crippen LogP contribution >= 0.6 is 0 Å². The molecule has 53 heavy (non-hydrogen) atoms. The van der Waals surface area contributed by atoms with Crippen molar-refractivity contribution in [3.05, 3.63) is 87.7 Å². The standard InChI is InChI=1S/C20H24N4O4S.C16H22N2O5S/c1-12-8-15(9-13(2)22-12)19(25)23-20(3,4)11-28-16-7-5-6-14-10-29(26,27)24-18(21)17(14)16;1-4-8-22-15(19)16(2,3)10-23-12-7-5-6-11-9-24(20,21)18-14(17)13(11)12/h5-9H,10-11H2,1-4H3,(H2,21,24)(H,23,25);5-7H,4,8-10H2,1-3H3,(H2,17,18). The fourth-order valence-corrected chi connectivity index (χ4v) is 7.59. The lowest BCUT2D eigenvalue weighted by molar-refractivity contribution is -0.155. The molecule has 1 amide bonds. The minimum Gasteiger partial charge on any atom is -0.492 e. The highest BCUT2D eigenvalue weighted by atomic mass is 32.2. The number of esters is 1. The summed E-state index contributed by atoms with van der Waals surface area (Å²) in [6.45, 7) is 13.3. The molecular weight excluding hydrogens is 725 g/mol. The van der Waals surface area contributed by atoms with Crippen molar-refractivity contribution >= 4 is 43.6 Å². The Bertz CT molecular complexity index is 2160. The smallest absolute Gasteiger partial charge is 0.314 e. The van der Waals surface area contributed by atoms with Crippen molar-refractivity contribution in [3.8, 4) is 11.5 Å². The molecule has 0 saturated carbocycles. The molecule has 15 nitrogen and oxygen atoms in total. The SMILES string of the molecule is CCCOC(=O)C(C)(C)COc1cccc2c1C(N)=NS(=O)(=O)C2.Cc1cc(C(=O)NC(C)(C)COc2cccc3c2C(N)=NS(=O)(=O)C3)cc(C)n1. The number of carbonyl (C=O) groups is 2. The van der Waals surface area contributed by atoms with Gasteiger partial charge >= 0.3 is 5.97 Å². The molecule has 0 unspecified atom stereocenters. The third kappa shape index (κ3) is 10.8. The maximum absolute atomic E-state index is 12.6. The second-order valence-electron chi connectivity index (χ2n) is 14.1. The largest absolute Gasteiger partial charge is 0.492 e. The van der Waals surface area contributed by atoms with E-state index in [0.29, 0.717) is 45.9 Å². The van der Waals surface area contributed by atoms with Crippen molar-refractivity contribution in [3.63, 3.8) is 0 Å². The number of amidine groups is 2. The topological polar surface area (TPSA) is 232 Å². The van der Waals surface area contributed by atoms with E-state index in [1.807, 2.05) is 34.6 Å². The lowest BCUT2D eigenvalue weighted by Gasteiger charge is -2.27. The second-order valence-corrected chi connectivity index (χ2v) is 17.3. The highest BCUT2D eigenvalue weighted by molar-refractivity contribution is 7.89.